The van der Waals surface area contributed by atoms with Crippen LogP contribution in [0.2, 0.25) is 0 Å². The highest BCUT2D eigenvalue weighted by Gasteiger charge is 2.29. The second-order valence-electron chi connectivity index (χ2n) is 6.69. The third-order valence-corrected chi connectivity index (χ3v) is 4.83. The van der Waals surface area contributed by atoms with Crippen LogP contribution in [0.3, 0.4) is 0 Å². The van der Waals surface area contributed by atoms with Crippen LogP contribution in [0.25, 0.3) is 11.1 Å². The average Bonchev–Trinajstić information content (AvgIpc) is 3.04. The van der Waals surface area contributed by atoms with Gasteiger partial charge < -0.3 is 26.2 Å². The summed E-state index contributed by atoms with van der Waals surface area (Å²) in [5, 5.41) is 13.5. The van der Waals surface area contributed by atoms with Gasteiger partial charge in [0.15, 0.2) is 0 Å². The van der Waals surface area contributed by atoms with Gasteiger partial charge in [-0.15, -0.1) is 0 Å². The topological polar surface area (TPSA) is 131 Å². The SMILES string of the molecule is NC[C@H](NC(=O)OCC1c2ccccc2-c2ccccc21)C(=O)NCCC(=O)O. The summed E-state index contributed by atoms with van der Waals surface area (Å²) in [7, 11) is 0. The van der Waals surface area contributed by atoms with Crippen LogP contribution in [0.5, 0.6) is 0 Å². The fraction of sp³-hybridized carbons (Fsp3) is 0.286. The molecule has 0 radical (unpaired) electrons. The predicted octanol–water partition coefficient (Wildman–Crippen LogP) is 1.44. The van der Waals surface area contributed by atoms with Crippen molar-refractivity contribution in [3.05, 3.63) is 59.7 Å². The van der Waals surface area contributed by atoms with E-state index >= 15 is 0 Å². The molecule has 0 bridgehead atoms. The van der Waals surface area contributed by atoms with Gasteiger partial charge in [-0.3, -0.25) is 9.59 Å². The molecule has 2 amide bonds. The number of aliphatic carboxylic acids is 1. The smallest absolute Gasteiger partial charge is 0.407 e. The fourth-order valence-electron chi connectivity index (χ4n) is 3.43. The van der Waals surface area contributed by atoms with Crippen molar-refractivity contribution < 1.29 is 24.2 Å². The third kappa shape index (κ3) is 4.72. The number of nitrogens with two attached hydrogens (primary N) is 1. The van der Waals surface area contributed by atoms with Crippen molar-refractivity contribution in [1.29, 1.82) is 0 Å². The molecule has 5 N–H and O–H groups in total. The van der Waals surface area contributed by atoms with Gasteiger partial charge in [-0.25, -0.2) is 4.79 Å². The Hall–Kier alpha value is -3.39. The van der Waals surface area contributed by atoms with E-state index in [1.165, 1.54) is 0 Å². The Bertz CT molecular complexity index is 869. The molecular formula is C21H23N3O5. The van der Waals surface area contributed by atoms with E-state index in [2.05, 4.69) is 10.6 Å². The molecule has 8 nitrogen and oxygen atoms in total. The van der Waals surface area contributed by atoms with E-state index < -0.39 is 24.0 Å². The summed E-state index contributed by atoms with van der Waals surface area (Å²) in [4.78, 5) is 34.8. The summed E-state index contributed by atoms with van der Waals surface area (Å²) >= 11 is 0. The first-order valence-corrected chi connectivity index (χ1v) is 9.32. The van der Waals surface area contributed by atoms with Crippen LogP contribution < -0.4 is 16.4 Å². The van der Waals surface area contributed by atoms with Crippen molar-refractivity contribution in [3.8, 4) is 11.1 Å². The maximum absolute atomic E-state index is 12.2. The predicted molar refractivity (Wildman–Crippen MR) is 106 cm³/mol. The van der Waals surface area contributed by atoms with Crippen LogP contribution in [0, 0.1) is 0 Å². The van der Waals surface area contributed by atoms with Crippen LogP contribution in [0.1, 0.15) is 23.5 Å². The van der Waals surface area contributed by atoms with Gasteiger partial charge in [0.05, 0.1) is 6.42 Å². The summed E-state index contributed by atoms with van der Waals surface area (Å²) in [6.45, 7) is -0.0576. The van der Waals surface area contributed by atoms with Gasteiger partial charge in [-0.05, 0) is 22.3 Å². The highest BCUT2D eigenvalue weighted by Crippen LogP contribution is 2.44. The maximum atomic E-state index is 12.2. The van der Waals surface area contributed by atoms with Gasteiger partial charge in [0, 0.05) is 19.0 Å². The lowest BCUT2D eigenvalue weighted by molar-refractivity contribution is -0.137. The second kappa shape index (κ2) is 9.20. The number of hydrogen-bond donors (Lipinski definition) is 4. The zero-order valence-corrected chi connectivity index (χ0v) is 15.8. The highest BCUT2D eigenvalue weighted by atomic mass is 16.5. The van der Waals surface area contributed by atoms with E-state index in [1.54, 1.807) is 0 Å². The number of carbonyl (C=O) groups excluding carboxylic acids is 2. The molecule has 0 fully saturated rings. The molecule has 3 rings (SSSR count). The van der Waals surface area contributed by atoms with E-state index in [0.717, 1.165) is 22.3 Å². The number of carbonyl (C=O) groups is 3. The van der Waals surface area contributed by atoms with Crippen molar-refractivity contribution >= 4 is 18.0 Å². The van der Waals surface area contributed by atoms with Gasteiger partial charge in [-0.1, -0.05) is 48.5 Å². The van der Waals surface area contributed by atoms with E-state index in [0.29, 0.717) is 0 Å². The van der Waals surface area contributed by atoms with E-state index in [4.69, 9.17) is 15.6 Å². The minimum atomic E-state index is -1.03. The van der Waals surface area contributed by atoms with Gasteiger partial charge in [-0.2, -0.15) is 0 Å². The van der Waals surface area contributed by atoms with Crippen LogP contribution in [0.4, 0.5) is 4.79 Å². The monoisotopic (exact) mass is 397 g/mol. The number of ether oxygens (including phenoxy) is 1. The summed E-state index contributed by atoms with van der Waals surface area (Å²) in [6.07, 6.45) is -0.968. The second-order valence-corrected chi connectivity index (χ2v) is 6.69. The lowest BCUT2D eigenvalue weighted by Crippen LogP contribution is -2.51. The molecule has 2 aromatic rings. The molecule has 0 heterocycles. The Kier molecular flexibility index (Phi) is 6.46. The molecule has 0 aliphatic heterocycles. The number of nitrogens with one attached hydrogen (secondary N) is 2. The normalized spacial score (nSPS) is 13.1. The molecule has 2 aromatic carbocycles. The number of carboxylic acid groups (broad SMARTS) is 1. The first kappa shape index (κ1) is 20.3. The maximum Gasteiger partial charge on any atom is 0.407 e. The third-order valence-electron chi connectivity index (χ3n) is 4.83. The van der Waals surface area contributed by atoms with Crippen LogP contribution >= 0.6 is 0 Å². The van der Waals surface area contributed by atoms with E-state index in [1.807, 2.05) is 48.5 Å². The molecule has 1 atom stereocenters. The molecule has 152 valence electrons. The van der Waals surface area contributed by atoms with Crippen LogP contribution in [0.15, 0.2) is 48.5 Å². The standard InChI is InChI=1S/C21H23N3O5/c22-11-18(20(27)23-10-9-19(25)26)24-21(28)29-12-17-15-7-3-1-5-13(15)14-6-2-4-8-16(14)17/h1-8,17-18H,9-12,22H2,(H,23,27)(H,24,28)(H,25,26)/t18-/m0/s1. The molecule has 1 aliphatic rings. The lowest BCUT2D eigenvalue weighted by Gasteiger charge is -2.18. The highest BCUT2D eigenvalue weighted by molar-refractivity contribution is 5.86. The van der Waals surface area contributed by atoms with Crippen molar-refractivity contribution in [2.45, 2.75) is 18.4 Å². The summed E-state index contributed by atoms with van der Waals surface area (Å²) in [5.41, 5.74) is 9.96. The van der Waals surface area contributed by atoms with Crippen molar-refractivity contribution in [2.75, 3.05) is 19.7 Å². The Morgan fingerprint density at radius 1 is 1.03 bits per heavy atom. The Morgan fingerprint density at radius 3 is 2.17 bits per heavy atom. The summed E-state index contributed by atoms with van der Waals surface area (Å²) in [5.74, 6) is -1.67. The number of carboxylic acids is 1. The number of benzene rings is 2. The van der Waals surface area contributed by atoms with Crippen molar-refractivity contribution in [1.82, 2.24) is 10.6 Å². The van der Waals surface area contributed by atoms with Crippen molar-refractivity contribution in [3.63, 3.8) is 0 Å². The zero-order valence-electron chi connectivity index (χ0n) is 15.8. The molecule has 0 aromatic heterocycles. The minimum absolute atomic E-state index is 0.0446. The fourth-order valence-corrected chi connectivity index (χ4v) is 3.43. The summed E-state index contributed by atoms with van der Waals surface area (Å²) < 4.78 is 5.39. The molecular weight excluding hydrogens is 374 g/mol. The first-order chi connectivity index (χ1) is 14.0. The Morgan fingerprint density at radius 2 is 1.62 bits per heavy atom. The molecule has 29 heavy (non-hydrogen) atoms. The Labute approximate surface area is 168 Å². The molecule has 0 unspecified atom stereocenters. The number of alkyl carbamates (subject to hydrolysis) is 1. The van der Waals surface area contributed by atoms with Crippen LogP contribution in [-0.4, -0.2) is 48.8 Å². The van der Waals surface area contributed by atoms with E-state index in [-0.39, 0.29) is 32.0 Å². The zero-order chi connectivity index (χ0) is 20.8. The Balaban J connectivity index is 1.59. The molecule has 1 aliphatic carbocycles. The van der Waals surface area contributed by atoms with Crippen molar-refractivity contribution in [2.24, 2.45) is 5.73 Å². The number of amides is 2. The molecule has 0 spiro atoms. The van der Waals surface area contributed by atoms with Gasteiger partial charge in [0.2, 0.25) is 5.91 Å². The molecule has 0 saturated heterocycles. The van der Waals surface area contributed by atoms with Crippen LogP contribution in [-0.2, 0) is 14.3 Å². The lowest BCUT2D eigenvalue weighted by atomic mass is 9.98. The largest absolute Gasteiger partial charge is 0.481 e. The molecule has 8 heteroatoms. The minimum Gasteiger partial charge on any atom is -0.481 e. The quantitative estimate of drug-likeness (QED) is 0.533. The van der Waals surface area contributed by atoms with Gasteiger partial charge in [0.25, 0.3) is 0 Å². The van der Waals surface area contributed by atoms with E-state index in [9.17, 15) is 14.4 Å². The van der Waals surface area contributed by atoms with Gasteiger partial charge >= 0.3 is 12.1 Å². The van der Waals surface area contributed by atoms with Gasteiger partial charge in [0.1, 0.15) is 12.6 Å². The number of hydrogen-bond acceptors (Lipinski definition) is 5. The average molecular weight is 397 g/mol. The number of rotatable bonds is 8. The number of fused-ring (bicyclic) bond motifs is 3. The summed E-state index contributed by atoms with van der Waals surface area (Å²) in [6, 6.07) is 15.0. The molecule has 0 saturated carbocycles. The first-order valence-electron chi connectivity index (χ1n) is 9.32.